The summed E-state index contributed by atoms with van der Waals surface area (Å²) in [7, 11) is 0. The molecular weight excluding hydrogens is 636 g/mol. The lowest BCUT2D eigenvalue weighted by atomic mass is 9.55. The molecule has 50 heavy (non-hydrogen) atoms. The summed E-state index contributed by atoms with van der Waals surface area (Å²) in [6.07, 6.45) is -8.09. The van der Waals surface area contributed by atoms with Crippen molar-refractivity contribution >= 4 is 11.6 Å². The van der Waals surface area contributed by atoms with Gasteiger partial charge in [-0.1, -0.05) is 121 Å². The Bertz CT molecular complexity index is 1830. The van der Waals surface area contributed by atoms with Gasteiger partial charge in [-0.2, -0.15) is 0 Å². The van der Waals surface area contributed by atoms with E-state index < -0.39 is 70.0 Å². The third-order valence-corrected chi connectivity index (χ3v) is 10.3. The van der Waals surface area contributed by atoms with Gasteiger partial charge >= 0.3 is 0 Å². The van der Waals surface area contributed by atoms with Crippen LogP contribution < -0.4 is 0 Å². The molecule has 1 fully saturated rings. The molecule has 6 N–H and O–H groups in total. The van der Waals surface area contributed by atoms with Gasteiger partial charge in [0.2, 0.25) is 0 Å². The summed E-state index contributed by atoms with van der Waals surface area (Å²) in [6, 6.07) is 35.1. The Hall–Kier alpha value is -4.48. The van der Waals surface area contributed by atoms with E-state index in [0.717, 1.165) is 6.92 Å². The summed E-state index contributed by atoms with van der Waals surface area (Å²) in [6.45, 7) is 1.08. The minimum Gasteiger partial charge on any atom is -0.509 e. The summed E-state index contributed by atoms with van der Waals surface area (Å²) >= 11 is 0. The number of ketones is 2. The van der Waals surface area contributed by atoms with Gasteiger partial charge in [-0.25, -0.2) is 0 Å². The van der Waals surface area contributed by atoms with E-state index in [1.807, 2.05) is 6.07 Å². The topological polar surface area (TPSA) is 165 Å². The molecule has 1 saturated heterocycles. The summed E-state index contributed by atoms with van der Waals surface area (Å²) < 4.78 is 6.59. The van der Waals surface area contributed by atoms with Crippen LogP contribution in [-0.4, -0.2) is 83.4 Å². The van der Waals surface area contributed by atoms with E-state index in [0.29, 0.717) is 22.3 Å². The lowest BCUT2D eigenvalue weighted by Gasteiger charge is -2.63. The van der Waals surface area contributed by atoms with E-state index in [9.17, 15) is 40.2 Å². The Balaban J connectivity index is 1.61. The number of carbonyl (C=O) groups is 2. The Morgan fingerprint density at radius 2 is 1.12 bits per heavy atom. The lowest BCUT2D eigenvalue weighted by molar-refractivity contribution is -0.372. The van der Waals surface area contributed by atoms with E-state index >= 15 is 0 Å². The predicted octanol–water partition coefficient (Wildman–Crippen LogP) is 3.24. The third kappa shape index (κ3) is 6.21. The number of Topliss-reactive ketones (excluding diaryl/α,β-unsaturated/α-hetero) is 2. The molecule has 0 saturated carbocycles. The van der Waals surface area contributed by atoms with E-state index in [1.54, 1.807) is 115 Å². The van der Waals surface area contributed by atoms with Gasteiger partial charge in [0.1, 0.15) is 46.4 Å². The van der Waals surface area contributed by atoms with Crippen LogP contribution in [0.25, 0.3) is 0 Å². The number of carbonyl (C=O) groups excluding carboxylic acids is 2. The second-order valence-electron chi connectivity index (χ2n) is 13.6. The SMILES string of the molecule is CC(=O)C1=C(O)C(O)C(C2O[C@H](C(O)Cc3ccccc3)[C@](O)(Cc3ccccc3)[C@@](O)(Cc3ccccc3)[C@]2(O)Cc2ccccc2)C1=O. The zero-order valence-corrected chi connectivity index (χ0v) is 27.7. The van der Waals surface area contributed by atoms with Crippen molar-refractivity contribution in [1.29, 1.82) is 0 Å². The molecule has 1 aliphatic heterocycles. The number of hydrogen-bond acceptors (Lipinski definition) is 9. The van der Waals surface area contributed by atoms with E-state index in [4.69, 9.17) is 4.74 Å². The van der Waals surface area contributed by atoms with Crippen molar-refractivity contribution < 1.29 is 45.0 Å². The van der Waals surface area contributed by atoms with Crippen molar-refractivity contribution in [2.45, 2.75) is 73.8 Å². The average Bonchev–Trinajstić information content (AvgIpc) is 3.32. The fourth-order valence-electron chi connectivity index (χ4n) is 7.90. The Morgan fingerprint density at radius 1 is 0.700 bits per heavy atom. The van der Waals surface area contributed by atoms with Crippen LogP contribution >= 0.6 is 0 Å². The van der Waals surface area contributed by atoms with Crippen LogP contribution in [0, 0.1) is 5.92 Å². The predicted molar refractivity (Wildman–Crippen MR) is 185 cm³/mol. The van der Waals surface area contributed by atoms with Gasteiger partial charge in [-0.15, -0.1) is 0 Å². The standard InChI is InChI=1S/C41H42O9/c1-26(42)32-34(44)33(36(46)35(32)45)38-40(48,24-29-18-10-4-11-19-29)41(49,25-30-20-12-5-13-21-30)39(47,23-28-16-8-3-9-17-28)37(50-38)31(43)22-27-14-6-2-7-15-27/h2-21,31,33,36-38,43,45-49H,22-25H2,1H3/t31?,33?,36?,37-,38?,39-,40+,41+/m1/s1. The van der Waals surface area contributed by atoms with Crippen LogP contribution in [0.2, 0.25) is 0 Å². The lowest BCUT2D eigenvalue weighted by Crippen LogP contribution is -2.84. The molecule has 4 unspecified atom stereocenters. The van der Waals surface area contributed by atoms with E-state index in [1.165, 1.54) is 0 Å². The Kier molecular flexibility index (Phi) is 9.92. The number of ether oxygens (including phenoxy) is 1. The monoisotopic (exact) mass is 678 g/mol. The molecule has 4 aromatic rings. The van der Waals surface area contributed by atoms with Crippen LogP contribution in [-0.2, 0) is 40.0 Å². The van der Waals surface area contributed by atoms with E-state index in [2.05, 4.69) is 0 Å². The molecule has 0 aromatic heterocycles. The van der Waals surface area contributed by atoms with Crippen LogP contribution in [0.1, 0.15) is 29.2 Å². The fourth-order valence-corrected chi connectivity index (χ4v) is 7.90. The zero-order chi connectivity index (χ0) is 35.7. The van der Waals surface area contributed by atoms with Crippen molar-refractivity contribution in [1.82, 2.24) is 0 Å². The second-order valence-corrected chi connectivity index (χ2v) is 13.6. The molecule has 6 rings (SSSR count). The molecule has 0 radical (unpaired) electrons. The number of rotatable bonds is 11. The summed E-state index contributed by atoms with van der Waals surface area (Å²) in [4.78, 5) is 26.6. The first-order valence-corrected chi connectivity index (χ1v) is 16.7. The van der Waals surface area contributed by atoms with Crippen molar-refractivity contribution in [3.05, 3.63) is 155 Å². The van der Waals surface area contributed by atoms with Crippen molar-refractivity contribution in [3.8, 4) is 0 Å². The van der Waals surface area contributed by atoms with Gasteiger partial charge in [0.15, 0.2) is 11.6 Å². The highest BCUT2D eigenvalue weighted by Gasteiger charge is 2.74. The smallest absolute Gasteiger partial charge is 0.178 e. The fraction of sp³-hybridized carbons (Fsp3) is 0.317. The van der Waals surface area contributed by atoms with Crippen LogP contribution in [0.5, 0.6) is 0 Å². The molecule has 4 aromatic carbocycles. The minimum absolute atomic E-state index is 0.0444. The van der Waals surface area contributed by atoms with Gasteiger partial charge in [-0.3, -0.25) is 9.59 Å². The minimum atomic E-state index is -2.60. The highest BCUT2D eigenvalue weighted by molar-refractivity contribution is 6.22. The molecule has 0 spiro atoms. The van der Waals surface area contributed by atoms with Gasteiger partial charge in [0.25, 0.3) is 0 Å². The highest BCUT2D eigenvalue weighted by atomic mass is 16.6. The van der Waals surface area contributed by atoms with Crippen molar-refractivity contribution in [2.24, 2.45) is 5.92 Å². The second kappa shape index (κ2) is 14.0. The molecule has 2 aliphatic rings. The summed E-state index contributed by atoms with van der Waals surface area (Å²) in [5, 5.41) is 74.4. The maximum absolute atomic E-state index is 14.0. The van der Waals surface area contributed by atoms with Gasteiger partial charge in [0, 0.05) is 25.7 Å². The zero-order valence-electron chi connectivity index (χ0n) is 27.7. The van der Waals surface area contributed by atoms with Crippen LogP contribution in [0.3, 0.4) is 0 Å². The van der Waals surface area contributed by atoms with Crippen molar-refractivity contribution in [3.63, 3.8) is 0 Å². The number of aliphatic hydroxyl groups excluding tert-OH is 3. The normalized spacial score (nSPS) is 30.3. The third-order valence-electron chi connectivity index (χ3n) is 10.3. The molecule has 1 heterocycles. The Morgan fingerprint density at radius 3 is 1.56 bits per heavy atom. The van der Waals surface area contributed by atoms with Crippen LogP contribution in [0.4, 0.5) is 0 Å². The first kappa shape index (κ1) is 35.3. The maximum atomic E-state index is 14.0. The maximum Gasteiger partial charge on any atom is 0.178 e. The van der Waals surface area contributed by atoms with Gasteiger partial charge in [-0.05, 0) is 29.2 Å². The summed E-state index contributed by atoms with van der Waals surface area (Å²) in [5.41, 5.74) is -5.97. The molecule has 9 nitrogen and oxygen atoms in total. The van der Waals surface area contributed by atoms with Gasteiger partial charge in [0.05, 0.1) is 12.0 Å². The Labute approximate surface area is 290 Å². The molecule has 0 bridgehead atoms. The highest BCUT2D eigenvalue weighted by Crippen LogP contribution is 2.53. The number of allylic oxidation sites excluding steroid dienone is 1. The van der Waals surface area contributed by atoms with Crippen LogP contribution in [0.15, 0.2) is 133 Å². The average molecular weight is 679 g/mol. The molecule has 8 atom stereocenters. The number of hydrogen-bond donors (Lipinski definition) is 6. The molecule has 9 heteroatoms. The first-order chi connectivity index (χ1) is 23.9. The molecule has 0 amide bonds. The quantitative estimate of drug-likeness (QED) is 0.131. The van der Waals surface area contributed by atoms with Gasteiger partial charge < -0.3 is 35.4 Å². The summed E-state index contributed by atoms with van der Waals surface area (Å²) in [5.74, 6) is -4.42. The number of aliphatic hydroxyl groups is 6. The molecular formula is C41H42O9. The largest absolute Gasteiger partial charge is 0.509 e. The molecule has 1 aliphatic carbocycles. The van der Waals surface area contributed by atoms with E-state index in [-0.39, 0.29) is 25.7 Å². The number of benzene rings is 4. The van der Waals surface area contributed by atoms with Crippen molar-refractivity contribution in [2.75, 3.05) is 0 Å². The molecule has 260 valence electrons. The first-order valence-electron chi connectivity index (χ1n) is 16.7.